The molecule has 1 aliphatic rings. The van der Waals surface area contributed by atoms with Gasteiger partial charge in [-0.05, 0) is 24.3 Å². The van der Waals surface area contributed by atoms with Crippen LogP contribution in [-0.4, -0.2) is 19.6 Å². The lowest BCUT2D eigenvalue weighted by atomic mass is 9.96. The lowest BCUT2D eigenvalue weighted by Gasteiger charge is -2.29. The first-order chi connectivity index (χ1) is 7.75. The number of likely N-dealkylation sites (tertiary alicyclic amines) is 1. The van der Waals surface area contributed by atoms with Gasteiger partial charge in [0.15, 0.2) is 0 Å². The smallest absolute Gasteiger partial charge is 0.0837 e. The van der Waals surface area contributed by atoms with Gasteiger partial charge in [0, 0.05) is 5.92 Å². The van der Waals surface area contributed by atoms with E-state index in [1.165, 1.54) is 38.0 Å². The van der Waals surface area contributed by atoms with Crippen LogP contribution in [0.1, 0.15) is 38.2 Å². The first-order valence-corrected chi connectivity index (χ1v) is 6.64. The Morgan fingerprint density at radius 3 is 2.44 bits per heavy atom. The standard InChI is InChI=1S/C15H23N/c1-13-8-10-16(11-9-13)12-14(2)15-6-4-3-5-7-15/h3-7,13-14H,8-12H2,1-2H3/p+1/t14-/m1/s1. The highest BCUT2D eigenvalue weighted by atomic mass is 15.1. The van der Waals surface area contributed by atoms with Crippen LogP contribution in [0.25, 0.3) is 0 Å². The number of quaternary nitrogens is 1. The Hall–Kier alpha value is -0.820. The molecule has 0 aromatic heterocycles. The highest BCUT2D eigenvalue weighted by Crippen LogP contribution is 2.13. The zero-order valence-electron chi connectivity index (χ0n) is 10.6. The molecule has 2 rings (SSSR count). The van der Waals surface area contributed by atoms with E-state index < -0.39 is 0 Å². The second-order valence-electron chi connectivity index (χ2n) is 5.45. The normalized spacial score (nSPS) is 27.6. The minimum Gasteiger partial charge on any atom is -0.334 e. The molecule has 16 heavy (non-hydrogen) atoms. The predicted octanol–water partition coefficient (Wildman–Crippen LogP) is 2.10. The summed E-state index contributed by atoms with van der Waals surface area (Å²) < 4.78 is 0. The van der Waals surface area contributed by atoms with Crippen molar-refractivity contribution in [2.24, 2.45) is 5.92 Å². The van der Waals surface area contributed by atoms with Crippen LogP contribution in [0, 0.1) is 5.92 Å². The molecule has 1 aliphatic heterocycles. The number of piperidine rings is 1. The Morgan fingerprint density at radius 2 is 1.81 bits per heavy atom. The fourth-order valence-corrected chi connectivity index (χ4v) is 2.71. The van der Waals surface area contributed by atoms with Crippen LogP contribution in [0.5, 0.6) is 0 Å². The van der Waals surface area contributed by atoms with Crippen molar-refractivity contribution in [1.29, 1.82) is 0 Å². The van der Waals surface area contributed by atoms with Crippen molar-refractivity contribution < 1.29 is 4.90 Å². The van der Waals surface area contributed by atoms with E-state index >= 15 is 0 Å². The van der Waals surface area contributed by atoms with Crippen LogP contribution in [0.2, 0.25) is 0 Å². The van der Waals surface area contributed by atoms with E-state index in [1.54, 1.807) is 4.90 Å². The van der Waals surface area contributed by atoms with E-state index in [2.05, 4.69) is 44.2 Å². The van der Waals surface area contributed by atoms with Crippen LogP contribution in [0.4, 0.5) is 0 Å². The molecule has 1 heterocycles. The van der Waals surface area contributed by atoms with Gasteiger partial charge in [0.25, 0.3) is 0 Å². The Morgan fingerprint density at radius 1 is 1.19 bits per heavy atom. The number of hydrogen-bond acceptors (Lipinski definition) is 0. The number of nitrogens with one attached hydrogen (secondary N) is 1. The SMILES string of the molecule is CC1CC[NH+](C[C@@H](C)c2ccccc2)CC1. The number of hydrogen-bond donors (Lipinski definition) is 1. The summed E-state index contributed by atoms with van der Waals surface area (Å²) in [5.74, 6) is 1.65. The van der Waals surface area contributed by atoms with Gasteiger partial charge >= 0.3 is 0 Å². The zero-order chi connectivity index (χ0) is 11.4. The first kappa shape index (κ1) is 11.7. The molecular weight excluding hydrogens is 194 g/mol. The van der Waals surface area contributed by atoms with E-state index in [9.17, 15) is 0 Å². The average Bonchev–Trinajstić information content (AvgIpc) is 2.33. The van der Waals surface area contributed by atoms with Gasteiger partial charge in [-0.15, -0.1) is 0 Å². The molecular formula is C15H24N+. The summed E-state index contributed by atoms with van der Waals surface area (Å²) in [6, 6.07) is 10.9. The first-order valence-electron chi connectivity index (χ1n) is 6.64. The highest BCUT2D eigenvalue weighted by molar-refractivity contribution is 5.18. The summed E-state index contributed by atoms with van der Waals surface area (Å²) in [5, 5.41) is 0. The third-order valence-electron chi connectivity index (χ3n) is 3.94. The molecule has 1 heteroatoms. The van der Waals surface area contributed by atoms with E-state index in [4.69, 9.17) is 0 Å². The Labute approximate surface area is 99.5 Å². The second-order valence-corrected chi connectivity index (χ2v) is 5.45. The molecule has 1 atom stereocenters. The molecule has 0 amide bonds. The Bertz CT molecular complexity index is 298. The third-order valence-corrected chi connectivity index (χ3v) is 3.94. The fourth-order valence-electron chi connectivity index (χ4n) is 2.71. The summed E-state index contributed by atoms with van der Waals surface area (Å²) in [6.07, 6.45) is 2.83. The maximum Gasteiger partial charge on any atom is 0.0837 e. The monoisotopic (exact) mass is 218 g/mol. The van der Waals surface area contributed by atoms with Gasteiger partial charge < -0.3 is 4.90 Å². The average molecular weight is 218 g/mol. The minimum atomic E-state index is 0.699. The van der Waals surface area contributed by atoms with Crippen molar-refractivity contribution in [2.45, 2.75) is 32.6 Å². The van der Waals surface area contributed by atoms with Crippen LogP contribution < -0.4 is 4.90 Å². The Balaban J connectivity index is 1.86. The highest BCUT2D eigenvalue weighted by Gasteiger charge is 2.21. The van der Waals surface area contributed by atoms with E-state index in [1.807, 2.05) is 0 Å². The quantitative estimate of drug-likeness (QED) is 0.792. The molecule has 0 spiro atoms. The molecule has 0 aliphatic carbocycles. The van der Waals surface area contributed by atoms with Gasteiger partial charge in [-0.1, -0.05) is 44.2 Å². The molecule has 0 unspecified atom stereocenters. The predicted molar refractivity (Wildman–Crippen MR) is 68.8 cm³/mol. The van der Waals surface area contributed by atoms with Crippen molar-refractivity contribution >= 4 is 0 Å². The molecule has 88 valence electrons. The minimum absolute atomic E-state index is 0.699. The van der Waals surface area contributed by atoms with Gasteiger partial charge in [-0.25, -0.2) is 0 Å². The molecule has 1 aromatic carbocycles. The maximum atomic E-state index is 2.39. The summed E-state index contributed by atoms with van der Waals surface area (Å²) in [7, 11) is 0. The molecule has 0 bridgehead atoms. The molecule has 1 aromatic rings. The van der Waals surface area contributed by atoms with Crippen molar-refractivity contribution in [1.82, 2.24) is 0 Å². The number of benzene rings is 1. The topological polar surface area (TPSA) is 4.44 Å². The fraction of sp³-hybridized carbons (Fsp3) is 0.600. The summed E-state index contributed by atoms with van der Waals surface area (Å²) >= 11 is 0. The molecule has 0 saturated carbocycles. The molecule has 1 N–H and O–H groups in total. The second kappa shape index (κ2) is 5.49. The van der Waals surface area contributed by atoms with Crippen molar-refractivity contribution in [3.63, 3.8) is 0 Å². The van der Waals surface area contributed by atoms with Crippen molar-refractivity contribution in [2.75, 3.05) is 19.6 Å². The van der Waals surface area contributed by atoms with Crippen LogP contribution >= 0.6 is 0 Å². The Kier molecular flexibility index (Phi) is 4.00. The van der Waals surface area contributed by atoms with Crippen molar-refractivity contribution in [3.05, 3.63) is 35.9 Å². The molecule has 0 radical (unpaired) electrons. The van der Waals surface area contributed by atoms with Gasteiger partial charge in [0.05, 0.1) is 19.6 Å². The summed E-state index contributed by atoms with van der Waals surface area (Å²) in [4.78, 5) is 1.80. The third kappa shape index (κ3) is 3.08. The van der Waals surface area contributed by atoms with Crippen molar-refractivity contribution in [3.8, 4) is 0 Å². The van der Waals surface area contributed by atoms with Gasteiger partial charge in [-0.3, -0.25) is 0 Å². The molecule has 1 saturated heterocycles. The summed E-state index contributed by atoms with van der Waals surface area (Å²) in [5.41, 5.74) is 1.49. The maximum absolute atomic E-state index is 2.39. The van der Waals surface area contributed by atoms with Gasteiger partial charge in [-0.2, -0.15) is 0 Å². The van der Waals surface area contributed by atoms with Crippen LogP contribution in [-0.2, 0) is 0 Å². The molecule has 1 fully saturated rings. The lowest BCUT2D eigenvalue weighted by Crippen LogP contribution is -3.13. The largest absolute Gasteiger partial charge is 0.334 e. The summed E-state index contributed by atoms with van der Waals surface area (Å²) in [6.45, 7) is 8.80. The lowest BCUT2D eigenvalue weighted by molar-refractivity contribution is -0.907. The van der Waals surface area contributed by atoms with Gasteiger partial charge in [0.2, 0.25) is 0 Å². The van der Waals surface area contributed by atoms with Gasteiger partial charge in [0.1, 0.15) is 0 Å². The van der Waals surface area contributed by atoms with Crippen LogP contribution in [0.3, 0.4) is 0 Å². The van der Waals surface area contributed by atoms with Crippen LogP contribution in [0.15, 0.2) is 30.3 Å². The zero-order valence-corrected chi connectivity index (χ0v) is 10.6. The number of rotatable bonds is 3. The molecule has 1 nitrogen and oxygen atoms in total. The van der Waals surface area contributed by atoms with E-state index in [0.29, 0.717) is 5.92 Å². The van der Waals surface area contributed by atoms with E-state index in [-0.39, 0.29) is 0 Å². The van der Waals surface area contributed by atoms with E-state index in [0.717, 1.165) is 5.92 Å².